The van der Waals surface area contributed by atoms with E-state index < -0.39 is 0 Å². The van der Waals surface area contributed by atoms with Crippen LogP contribution in [0.1, 0.15) is 11.1 Å². The van der Waals surface area contributed by atoms with E-state index in [4.69, 9.17) is 10.2 Å². The molecule has 1 aliphatic rings. The van der Waals surface area contributed by atoms with Gasteiger partial charge < -0.3 is 14.9 Å². The molecule has 0 unspecified atom stereocenters. The van der Waals surface area contributed by atoms with Crippen LogP contribution in [0.5, 0.6) is 0 Å². The molecule has 0 saturated heterocycles. The van der Waals surface area contributed by atoms with E-state index >= 15 is 0 Å². The summed E-state index contributed by atoms with van der Waals surface area (Å²) in [4.78, 5) is 0. The Hall–Kier alpha value is -1.68. The number of rotatable bonds is 4. The highest BCUT2D eigenvalue weighted by atomic mass is 16.5. The number of aliphatic hydroxyl groups is 2. The van der Waals surface area contributed by atoms with Crippen molar-refractivity contribution in [3.05, 3.63) is 59.7 Å². The molecule has 3 heteroatoms. The van der Waals surface area contributed by atoms with Crippen LogP contribution in [0, 0.1) is 0 Å². The maximum atomic E-state index is 8.09. The Bertz CT molecular complexity index is 490. The number of benzene rings is 2. The van der Waals surface area contributed by atoms with Gasteiger partial charge in [0.25, 0.3) is 0 Å². The summed E-state index contributed by atoms with van der Waals surface area (Å²) in [6, 6.07) is 17.3. The van der Waals surface area contributed by atoms with Crippen LogP contribution in [-0.2, 0) is 11.2 Å². The van der Waals surface area contributed by atoms with E-state index in [1.807, 2.05) is 0 Å². The highest BCUT2D eigenvalue weighted by Crippen LogP contribution is 2.35. The molecule has 106 valence electrons. The number of hydrogen-bond donors (Lipinski definition) is 2. The Morgan fingerprint density at radius 1 is 0.750 bits per heavy atom. The molecular weight excluding hydrogens is 252 g/mol. The Morgan fingerprint density at radius 3 is 1.65 bits per heavy atom. The summed E-state index contributed by atoms with van der Waals surface area (Å²) in [5, 5.41) is 16.2. The normalized spacial score (nSPS) is 11.3. The van der Waals surface area contributed by atoms with Gasteiger partial charge in [0.05, 0.1) is 26.4 Å². The second-order valence-electron chi connectivity index (χ2n) is 4.55. The lowest BCUT2D eigenvalue weighted by Gasteiger charge is -1.98. The third-order valence-corrected chi connectivity index (χ3v) is 3.18. The van der Waals surface area contributed by atoms with Crippen LogP contribution < -0.4 is 0 Å². The molecule has 0 radical (unpaired) electrons. The van der Waals surface area contributed by atoms with Crippen molar-refractivity contribution in [1.82, 2.24) is 0 Å². The third-order valence-electron chi connectivity index (χ3n) is 3.18. The maximum absolute atomic E-state index is 8.09. The predicted molar refractivity (Wildman–Crippen MR) is 79.7 cm³/mol. The van der Waals surface area contributed by atoms with Crippen LogP contribution >= 0.6 is 0 Å². The monoisotopic (exact) mass is 272 g/mol. The average Bonchev–Trinajstić information content (AvgIpc) is 2.87. The predicted octanol–water partition coefficient (Wildman–Crippen LogP) is 2.25. The molecule has 1 aliphatic carbocycles. The summed E-state index contributed by atoms with van der Waals surface area (Å²) in [5.41, 5.74) is 5.75. The van der Waals surface area contributed by atoms with E-state index in [1.165, 1.54) is 22.3 Å². The van der Waals surface area contributed by atoms with Crippen LogP contribution in [0.2, 0.25) is 0 Å². The molecule has 2 N–H and O–H groups in total. The van der Waals surface area contributed by atoms with E-state index in [-0.39, 0.29) is 13.2 Å². The van der Waals surface area contributed by atoms with Gasteiger partial charge >= 0.3 is 0 Å². The average molecular weight is 272 g/mol. The first-order chi connectivity index (χ1) is 9.86. The third kappa shape index (κ3) is 3.67. The summed E-state index contributed by atoms with van der Waals surface area (Å²) in [7, 11) is 0. The van der Waals surface area contributed by atoms with Crippen LogP contribution in [0.25, 0.3) is 11.1 Å². The molecule has 3 rings (SSSR count). The van der Waals surface area contributed by atoms with Crippen molar-refractivity contribution < 1.29 is 14.9 Å². The number of ether oxygens (including phenoxy) is 1. The Labute approximate surface area is 119 Å². The van der Waals surface area contributed by atoms with E-state index in [0.29, 0.717) is 13.2 Å². The highest BCUT2D eigenvalue weighted by Gasteiger charge is 2.15. The lowest BCUT2D eigenvalue weighted by Crippen LogP contribution is -2.03. The van der Waals surface area contributed by atoms with Gasteiger partial charge in [-0.1, -0.05) is 48.5 Å². The quantitative estimate of drug-likeness (QED) is 0.716. The standard InChI is InChI=1S/C13H10.C4H10O3/c1-3-7-12-10(5-1)9-11-6-2-4-8-13(11)12;5-1-3-7-4-2-6/h1-8H,9H2;5-6H,1-4H2. The van der Waals surface area contributed by atoms with E-state index in [9.17, 15) is 0 Å². The van der Waals surface area contributed by atoms with E-state index in [2.05, 4.69) is 53.3 Å². The zero-order valence-corrected chi connectivity index (χ0v) is 11.5. The van der Waals surface area contributed by atoms with E-state index in [0.717, 1.165) is 6.42 Å². The molecule has 0 heterocycles. The molecule has 0 spiro atoms. The van der Waals surface area contributed by atoms with Crippen molar-refractivity contribution in [1.29, 1.82) is 0 Å². The van der Waals surface area contributed by atoms with Crippen molar-refractivity contribution in [3.8, 4) is 11.1 Å². The molecule has 0 amide bonds. The summed E-state index contributed by atoms with van der Waals surface area (Å²) >= 11 is 0. The Balaban J connectivity index is 0.000000182. The van der Waals surface area contributed by atoms with Gasteiger partial charge in [-0.3, -0.25) is 0 Å². The highest BCUT2D eigenvalue weighted by molar-refractivity contribution is 5.76. The molecule has 2 aromatic rings. The SMILES string of the molecule is OCCOCCO.c1ccc2c(c1)Cc1ccccc1-2. The lowest BCUT2D eigenvalue weighted by molar-refractivity contribution is 0.0650. The molecular formula is C17H20O3. The van der Waals surface area contributed by atoms with Crippen LogP contribution in [0.3, 0.4) is 0 Å². The summed E-state index contributed by atoms with van der Waals surface area (Å²) in [5.74, 6) is 0. The van der Waals surface area contributed by atoms with Crippen LogP contribution in [0.15, 0.2) is 48.5 Å². The lowest BCUT2D eigenvalue weighted by atomic mass is 10.1. The van der Waals surface area contributed by atoms with Crippen LogP contribution in [0.4, 0.5) is 0 Å². The molecule has 20 heavy (non-hydrogen) atoms. The second kappa shape index (κ2) is 7.80. The van der Waals surface area contributed by atoms with Gasteiger partial charge in [-0.25, -0.2) is 0 Å². The molecule has 0 atom stereocenters. The first-order valence-electron chi connectivity index (χ1n) is 6.82. The molecule has 0 aliphatic heterocycles. The molecule has 0 fully saturated rings. The molecule has 0 saturated carbocycles. The molecule has 2 aromatic carbocycles. The smallest absolute Gasteiger partial charge is 0.0698 e. The van der Waals surface area contributed by atoms with Gasteiger partial charge in [-0.15, -0.1) is 0 Å². The first kappa shape index (κ1) is 14.7. The first-order valence-corrected chi connectivity index (χ1v) is 6.82. The zero-order chi connectivity index (χ0) is 14.2. The van der Waals surface area contributed by atoms with Gasteiger partial charge in [0.2, 0.25) is 0 Å². The summed E-state index contributed by atoms with van der Waals surface area (Å²) in [6.45, 7) is 0.696. The maximum Gasteiger partial charge on any atom is 0.0698 e. The van der Waals surface area contributed by atoms with Crippen molar-refractivity contribution in [2.24, 2.45) is 0 Å². The van der Waals surface area contributed by atoms with E-state index in [1.54, 1.807) is 0 Å². The minimum Gasteiger partial charge on any atom is -0.394 e. The van der Waals surface area contributed by atoms with Gasteiger partial charge in [0.1, 0.15) is 0 Å². The van der Waals surface area contributed by atoms with Crippen molar-refractivity contribution in [3.63, 3.8) is 0 Å². The summed E-state index contributed by atoms with van der Waals surface area (Å²) in [6.07, 6.45) is 1.10. The fourth-order valence-electron chi connectivity index (χ4n) is 2.31. The topological polar surface area (TPSA) is 49.7 Å². The van der Waals surface area contributed by atoms with Gasteiger partial charge in [-0.2, -0.15) is 0 Å². The Kier molecular flexibility index (Phi) is 5.74. The van der Waals surface area contributed by atoms with Crippen LogP contribution in [-0.4, -0.2) is 36.6 Å². The van der Waals surface area contributed by atoms with Crippen molar-refractivity contribution in [2.45, 2.75) is 6.42 Å². The van der Waals surface area contributed by atoms with Gasteiger partial charge in [-0.05, 0) is 28.7 Å². The van der Waals surface area contributed by atoms with Crippen molar-refractivity contribution in [2.75, 3.05) is 26.4 Å². The fourth-order valence-corrected chi connectivity index (χ4v) is 2.31. The number of hydrogen-bond acceptors (Lipinski definition) is 3. The number of aliphatic hydroxyl groups excluding tert-OH is 2. The molecule has 0 aromatic heterocycles. The zero-order valence-electron chi connectivity index (χ0n) is 11.5. The number of fused-ring (bicyclic) bond motifs is 3. The minimum atomic E-state index is 0.0278. The van der Waals surface area contributed by atoms with Gasteiger partial charge in [0.15, 0.2) is 0 Å². The largest absolute Gasteiger partial charge is 0.394 e. The summed E-state index contributed by atoms with van der Waals surface area (Å²) < 4.78 is 4.63. The fraction of sp³-hybridized carbons (Fsp3) is 0.294. The minimum absolute atomic E-state index is 0.0278. The molecule has 3 nitrogen and oxygen atoms in total. The molecule has 0 bridgehead atoms. The van der Waals surface area contributed by atoms with Crippen molar-refractivity contribution >= 4 is 0 Å². The van der Waals surface area contributed by atoms with Gasteiger partial charge in [0, 0.05) is 0 Å². The second-order valence-corrected chi connectivity index (χ2v) is 4.55. The Morgan fingerprint density at radius 2 is 1.20 bits per heavy atom.